The number of nitrogens with zero attached hydrogens (tertiary/aromatic N) is 6. The minimum Gasteiger partial charge on any atom is -0.393 e. The van der Waals surface area contributed by atoms with Gasteiger partial charge in [-0.3, -0.25) is 9.36 Å². The molecule has 1 saturated carbocycles. The van der Waals surface area contributed by atoms with Crippen molar-refractivity contribution in [3.8, 4) is 22.5 Å². The van der Waals surface area contributed by atoms with Crippen LogP contribution in [0, 0.1) is 5.92 Å². The number of hydrogen-bond donors (Lipinski definition) is 2. The van der Waals surface area contributed by atoms with E-state index in [9.17, 15) is 15.0 Å². The zero-order valence-electron chi connectivity index (χ0n) is 35.8. The molecule has 0 aliphatic heterocycles. The highest BCUT2D eigenvalue weighted by Crippen LogP contribution is 2.43. The predicted molar refractivity (Wildman–Crippen MR) is 249 cm³/mol. The molecule has 318 valence electrons. The van der Waals surface area contributed by atoms with E-state index in [-0.39, 0.29) is 17.6 Å². The molecule has 2 aromatic heterocycles. The van der Waals surface area contributed by atoms with Gasteiger partial charge in [-0.2, -0.15) is 0 Å². The Morgan fingerprint density at radius 3 is 2.00 bits per heavy atom. The van der Waals surface area contributed by atoms with Gasteiger partial charge in [0.25, 0.3) is 5.56 Å². The molecule has 0 amide bonds. The summed E-state index contributed by atoms with van der Waals surface area (Å²) in [6.45, 7) is 2.50. The maximum Gasteiger partial charge on any atom is 0.261 e. The molecule has 8 aromatic rings. The van der Waals surface area contributed by atoms with Gasteiger partial charge in [-0.1, -0.05) is 172 Å². The number of unbranched alkanes of at least 4 members (excludes halogenated alkanes) is 1. The molecule has 0 spiro atoms. The third kappa shape index (κ3) is 8.39. The average Bonchev–Trinajstić information content (AvgIpc) is 3.83. The average molecular weight is 835 g/mol. The number of aryl methyl sites for hydroxylation is 1. The number of tetrazole rings is 1. The summed E-state index contributed by atoms with van der Waals surface area (Å²) >= 11 is 0. The van der Waals surface area contributed by atoms with Crippen LogP contribution in [0.2, 0.25) is 0 Å². The van der Waals surface area contributed by atoms with E-state index in [2.05, 4.69) is 121 Å². The highest BCUT2D eigenvalue weighted by Gasteiger charge is 2.42. The molecule has 0 saturated heterocycles. The fourth-order valence-corrected chi connectivity index (χ4v) is 9.63. The number of aromatic nitrogens is 6. The van der Waals surface area contributed by atoms with E-state index in [1.54, 1.807) is 4.57 Å². The first-order valence-corrected chi connectivity index (χ1v) is 22.5. The van der Waals surface area contributed by atoms with E-state index < -0.39 is 11.6 Å². The summed E-state index contributed by atoms with van der Waals surface area (Å²) in [5.74, 6) is 1.59. The summed E-state index contributed by atoms with van der Waals surface area (Å²) in [6.07, 6.45) is 6.88. The van der Waals surface area contributed by atoms with E-state index in [0.29, 0.717) is 41.7 Å². The molecule has 1 fully saturated rings. The second-order valence-corrected chi connectivity index (χ2v) is 17.0. The van der Waals surface area contributed by atoms with Crippen LogP contribution in [0.1, 0.15) is 98.0 Å². The first-order chi connectivity index (χ1) is 30.9. The summed E-state index contributed by atoms with van der Waals surface area (Å²) in [7, 11) is 0. The molecule has 6 aromatic carbocycles. The smallest absolute Gasteiger partial charge is 0.261 e. The molecule has 63 heavy (non-hydrogen) atoms. The highest BCUT2D eigenvalue weighted by molar-refractivity contribution is 5.81. The molecular weight excluding hydrogens is 781 g/mol. The van der Waals surface area contributed by atoms with Gasteiger partial charge in [0.2, 0.25) is 0 Å². The number of aliphatic hydroxyl groups excluding tert-OH is 2. The molecule has 2 heterocycles. The fourth-order valence-electron chi connectivity index (χ4n) is 9.63. The summed E-state index contributed by atoms with van der Waals surface area (Å²) < 4.78 is 3.77. The van der Waals surface area contributed by atoms with E-state index in [1.807, 2.05) is 53.2 Å². The lowest BCUT2D eigenvalue weighted by molar-refractivity contribution is 0.0537. The number of rotatable bonds is 15. The monoisotopic (exact) mass is 834 g/mol. The molecular formula is C54H54N6O3. The Labute approximate surface area is 368 Å². The van der Waals surface area contributed by atoms with Gasteiger partial charge >= 0.3 is 0 Å². The molecule has 0 bridgehead atoms. The van der Waals surface area contributed by atoms with Crippen LogP contribution in [0.15, 0.2) is 163 Å². The molecule has 9 nitrogen and oxygen atoms in total. The molecule has 1 aliphatic rings. The summed E-state index contributed by atoms with van der Waals surface area (Å²) in [5, 5.41) is 36.1. The van der Waals surface area contributed by atoms with Crippen LogP contribution in [0.25, 0.3) is 33.4 Å². The molecule has 3 atom stereocenters. The normalized spacial score (nSPS) is 16.0. The molecule has 0 radical (unpaired) electrons. The van der Waals surface area contributed by atoms with Crippen LogP contribution in [0.4, 0.5) is 0 Å². The quantitative estimate of drug-likeness (QED) is 0.0987. The van der Waals surface area contributed by atoms with Gasteiger partial charge in [0.05, 0.1) is 29.7 Å². The van der Waals surface area contributed by atoms with Crippen molar-refractivity contribution in [2.24, 2.45) is 5.92 Å². The third-order valence-electron chi connectivity index (χ3n) is 13.0. The van der Waals surface area contributed by atoms with Crippen LogP contribution >= 0.6 is 0 Å². The first kappa shape index (κ1) is 41.8. The number of aliphatic hydroxyl groups is 2. The van der Waals surface area contributed by atoms with E-state index in [1.165, 1.54) is 0 Å². The van der Waals surface area contributed by atoms with Gasteiger partial charge in [0, 0.05) is 12.0 Å². The third-order valence-corrected chi connectivity index (χ3v) is 13.0. The minimum atomic E-state index is -0.895. The van der Waals surface area contributed by atoms with Crippen LogP contribution in [0.5, 0.6) is 0 Å². The van der Waals surface area contributed by atoms with Gasteiger partial charge in [-0.05, 0) is 99.5 Å². The lowest BCUT2D eigenvalue weighted by Crippen LogP contribution is -2.39. The Kier molecular flexibility index (Phi) is 12.5. The zero-order valence-corrected chi connectivity index (χ0v) is 35.8. The second kappa shape index (κ2) is 18.8. The zero-order chi connectivity index (χ0) is 43.2. The first-order valence-electron chi connectivity index (χ1n) is 22.5. The number of benzene rings is 6. The standard InChI is InChI=1S/C54H54N6O3/c1-2-3-27-51-55-48-34-32-41(50(62)35-33-40-17-13-16-26-49(40)61)36-47(48)53(63)59(51)37-38-28-30-39(31-29-38)45-24-14-15-25-46(45)52-56-57-58-60(52)54(42-18-7-4-8-19-42,43-20-9-5-10-21-43)44-22-11-6-12-23-44/h4-12,14-15,18-25,28-32,34,36,40,49-50,61-62H,2-3,13,16-17,26-27,33,35,37H2,1H3. The fraction of sp³-hybridized carbons (Fsp3) is 0.278. The summed E-state index contributed by atoms with van der Waals surface area (Å²) in [4.78, 5) is 19.4. The van der Waals surface area contributed by atoms with Crippen LogP contribution in [0.3, 0.4) is 0 Å². The van der Waals surface area contributed by atoms with Gasteiger partial charge in [0.1, 0.15) is 11.4 Å². The Hall–Kier alpha value is -6.55. The number of hydrogen-bond acceptors (Lipinski definition) is 7. The Morgan fingerprint density at radius 1 is 0.746 bits per heavy atom. The largest absolute Gasteiger partial charge is 0.393 e. The van der Waals surface area contributed by atoms with Crippen molar-refractivity contribution in [3.05, 3.63) is 202 Å². The number of fused-ring (bicyclic) bond motifs is 1. The second-order valence-electron chi connectivity index (χ2n) is 17.0. The van der Waals surface area contributed by atoms with Crippen molar-refractivity contribution in [2.75, 3.05) is 0 Å². The van der Waals surface area contributed by atoms with Crippen molar-refractivity contribution in [2.45, 2.75) is 89.0 Å². The maximum absolute atomic E-state index is 14.4. The van der Waals surface area contributed by atoms with E-state index >= 15 is 0 Å². The molecule has 3 unspecified atom stereocenters. The maximum atomic E-state index is 14.4. The topological polar surface area (TPSA) is 119 Å². The predicted octanol–water partition coefficient (Wildman–Crippen LogP) is 10.3. The molecule has 9 heteroatoms. The van der Waals surface area contributed by atoms with Gasteiger partial charge in [-0.25, -0.2) is 9.67 Å². The molecule has 9 rings (SSSR count). The minimum absolute atomic E-state index is 0.108. The van der Waals surface area contributed by atoms with Crippen LogP contribution in [-0.4, -0.2) is 46.1 Å². The van der Waals surface area contributed by atoms with E-state index in [4.69, 9.17) is 15.3 Å². The van der Waals surface area contributed by atoms with E-state index in [0.717, 1.165) is 89.7 Å². The lowest BCUT2D eigenvalue weighted by Gasteiger charge is -2.36. The van der Waals surface area contributed by atoms with Gasteiger partial charge in [-0.15, -0.1) is 5.10 Å². The SMILES string of the molecule is CCCCc1nc2ccc(C(O)CCC3CCCCC3O)cc2c(=O)n1Cc1ccc(-c2ccccc2-c2nnnn2C(c2ccccc2)(c2ccccc2)c2ccccc2)cc1. The Bertz CT molecular complexity index is 2730. The molecule has 2 N–H and O–H groups in total. The van der Waals surface area contributed by atoms with Crippen molar-refractivity contribution < 1.29 is 10.2 Å². The summed E-state index contributed by atoms with van der Waals surface area (Å²) in [5.41, 5.74) is 7.24. The van der Waals surface area contributed by atoms with Gasteiger partial charge < -0.3 is 10.2 Å². The van der Waals surface area contributed by atoms with Crippen molar-refractivity contribution in [1.29, 1.82) is 0 Å². The van der Waals surface area contributed by atoms with Crippen molar-refractivity contribution in [1.82, 2.24) is 29.8 Å². The Balaban J connectivity index is 1.06. The van der Waals surface area contributed by atoms with Crippen LogP contribution < -0.4 is 5.56 Å². The van der Waals surface area contributed by atoms with Crippen LogP contribution in [-0.2, 0) is 18.5 Å². The Morgan fingerprint density at radius 2 is 1.37 bits per heavy atom. The van der Waals surface area contributed by atoms with Gasteiger partial charge in [0.15, 0.2) is 5.82 Å². The summed E-state index contributed by atoms with van der Waals surface area (Å²) in [6, 6.07) is 53.4. The molecule has 1 aliphatic carbocycles. The van der Waals surface area contributed by atoms with Crippen molar-refractivity contribution >= 4 is 10.9 Å². The lowest BCUT2D eigenvalue weighted by atomic mass is 9.77. The van der Waals surface area contributed by atoms with Crippen molar-refractivity contribution in [3.63, 3.8) is 0 Å². The highest BCUT2D eigenvalue weighted by atomic mass is 16.3.